The number of carbonyl (C=O) groups is 1. The van der Waals surface area contributed by atoms with Crippen molar-refractivity contribution >= 4 is 27.5 Å². The quantitative estimate of drug-likeness (QED) is 0.756. The van der Waals surface area contributed by atoms with E-state index in [0.29, 0.717) is 16.1 Å². The molecule has 1 N–H and O–H groups in total. The summed E-state index contributed by atoms with van der Waals surface area (Å²) in [4.78, 5) is 11.9. The summed E-state index contributed by atoms with van der Waals surface area (Å²) < 4.78 is 18.8. The molecule has 3 nitrogen and oxygen atoms in total. The molecule has 0 aromatic heterocycles. The third-order valence-corrected chi connectivity index (χ3v) is 4.25. The first-order chi connectivity index (χ1) is 11.0. The third-order valence-electron chi connectivity index (χ3n) is 3.63. The van der Waals surface area contributed by atoms with Crippen LogP contribution in [0.5, 0.6) is 5.75 Å². The lowest BCUT2D eigenvalue weighted by atomic mass is 9.99. The number of hydrogen-bond donors (Lipinski definition) is 1. The van der Waals surface area contributed by atoms with E-state index in [0.717, 1.165) is 12.1 Å². The van der Waals surface area contributed by atoms with Gasteiger partial charge in [0.15, 0.2) is 6.61 Å². The van der Waals surface area contributed by atoms with Crippen LogP contribution in [0.1, 0.15) is 31.7 Å². The number of carbonyl (C=O) groups excluding carboxylic acids is 1. The maximum absolute atomic E-state index is 13.0. The van der Waals surface area contributed by atoms with Crippen molar-refractivity contribution < 1.29 is 13.9 Å². The summed E-state index contributed by atoms with van der Waals surface area (Å²) in [5.74, 6) is 0.292. The first kappa shape index (κ1) is 17.5. The second kappa shape index (κ2) is 8.11. The highest BCUT2D eigenvalue weighted by atomic mass is 79.9. The molecule has 0 bridgehead atoms. The zero-order valence-corrected chi connectivity index (χ0v) is 14.7. The Kier molecular flexibility index (Phi) is 6.16. The van der Waals surface area contributed by atoms with Gasteiger partial charge >= 0.3 is 0 Å². The summed E-state index contributed by atoms with van der Waals surface area (Å²) in [5.41, 5.74) is 1.97. The first-order valence-electron chi connectivity index (χ1n) is 7.47. The van der Waals surface area contributed by atoms with E-state index in [1.165, 1.54) is 23.8 Å². The summed E-state index contributed by atoms with van der Waals surface area (Å²) in [6.45, 7) is 4.17. The van der Waals surface area contributed by atoms with Gasteiger partial charge in [-0.25, -0.2) is 4.39 Å². The van der Waals surface area contributed by atoms with Crippen LogP contribution in [-0.4, -0.2) is 12.5 Å². The van der Waals surface area contributed by atoms with Crippen LogP contribution in [0.2, 0.25) is 0 Å². The van der Waals surface area contributed by atoms with E-state index >= 15 is 0 Å². The fraction of sp³-hybridized carbons (Fsp3) is 0.278. The number of amides is 1. The van der Waals surface area contributed by atoms with Crippen molar-refractivity contribution in [2.75, 3.05) is 11.9 Å². The average Bonchev–Trinajstić information content (AvgIpc) is 2.54. The zero-order chi connectivity index (χ0) is 16.8. The number of nitrogens with one attached hydrogen (secondary N) is 1. The van der Waals surface area contributed by atoms with Gasteiger partial charge in [-0.05, 0) is 64.2 Å². The van der Waals surface area contributed by atoms with Crippen molar-refractivity contribution in [1.29, 1.82) is 0 Å². The molecule has 0 radical (unpaired) electrons. The monoisotopic (exact) mass is 379 g/mol. The zero-order valence-electron chi connectivity index (χ0n) is 13.1. The number of halogens is 2. The van der Waals surface area contributed by atoms with Crippen molar-refractivity contribution in [2.45, 2.75) is 26.2 Å². The predicted molar refractivity (Wildman–Crippen MR) is 93.4 cm³/mol. The van der Waals surface area contributed by atoms with Gasteiger partial charge in [-0.15, -0.1) is 0 Å². The Bertz CT molecular complexity index is 673. The molecule has 0 aliphatic rings. The summed E-state index contributed by atoms with van der Waals surface area (Å²) in [6.07, 6.45) is 1.08. The van der Waals surface area contributed by atoms with Crippen molar-refractivity contribution in [1.82, 2.24) is 0 Å². The van der Waals surface area contributed by atoms with Gasteiger partial charge in [-0.3, -0.25) is 4.79 Å². The van der Waals surface area contributed by atoms with Crippen molar-refractivity contribution in [3.8, 4) is 5.75 Å². The third kappa shape index (κ3) is 5.06. The van der Waals surface area contributed by atoms with E-state index in [1.54, 1.807) is 0 Å². The molecule has 2 rings (SSSR count). The lowest BCUT2D eigenvalue weighted by Gasteiger charge is -2.11. The van der Waals surface area contributed by atoms with Crippen molar-refractivity contribution in [3.05, 3.63) is 58.3 Å². The van der Waals surface area contributed by atoms with Crippen LogP contribution < -0.4 is 10.1 Å². The van der Waals surface area contributed by atoms with Gasteiger partial charge in [0.2, 0.25) is 0 Å². The molecule has 0 saturated heterocycles. The fourth-order valence-corrected chi connectivity index (χ4v) is 2.53. The lowest BCUT2D eigenvalue weighted by Crippen LogP contribution is -2.20. The van der Waals surface area contributed by atoms with E-state index < -0.39 is 0 Å². The second-order valence-electron chi connectivity index (χ2n) is 5.34. The molecule has 1 amide bonds. The highest BCUT2D eigenvalue weighted by Gasteiger charge is 2.08. The highest BCUT2D eigenvalue weighted by Crippen LogP contribution is 2.25. The molecule has 0 aliphatic carbocycles. The topological polar surface area (TPSA) is 38.3 Å². The van der Waals surface area contributed by atoms with Crippen molar-refractivity contribution in [3.63, 3.8) is 0 Å². The van der Waals surface area contributed by atoms with E-state index in [-0.39, 0.29) is 18.3 Å². The maximum atomic E-state index is 13.0. The first-order valence-corrected chi connectivity index (χ1v) is 8.26. The Morgan fingerprint density at radius 1 is 1.26 bits per heavy atom. The van der Waals surface area contributed by atoms with E-state index in [4.69, 9.17) is 4.74 Å². The van der Waals surface area contributed by atoms with Crippen LogP contribution in [0.15, 0.2) is 46.9 Å². The molecule has 0 unspecified atom stereocenters. The number of hydrogen-bond acceptors (Lipinski definition) is 2. The Balaban J connectivity index is 1.89. The van der Waals surface area contributed by atoms with Crippen LogP contribution in [0.25, 0.3) is 0 Å². The largest absolute Gasteiger partial charge is 0.483 e. The second-order valence-corrected chi connectivity index (χ2v) is 6.20. The molecule has 0 aliphatic heterocycles. The van der Waals surface area contributed by atoms with Gasteiger partial charge in [0.1, 0.15) is 11.6 Å². The van der Waals surface area contributed by atoms with Crippen LogP contribution in [0.4, 0.5) is 10.1 Å². The van der Waals surface area contributed by atoms with Crippen LogP contribution in [-0.2, 0) is 4.79 Å². The molecular formula is C18H19BrFNO2. The van der Waals surface area contributed by atoms with E-state index in [9.17, 15) is 9.18 Å². The Morgan fingerprint density at radius 2 is 1.96 bits per heavy atom. The highest BCUT2D eigenvalue weighted by molar-refractivity contribution is 9.10. The summed E-state index contributed by atoms with van der Waals surface area (Å²) in [6, 6.07) is 11.9. The van der Waals surface area contributed by atoms with Crippen LogP contribution in [0.3, 0.4) is 0 Å². The maximum Gasteiger partial charge on any atom is 0.262 e. The van der Waals surface area contributed by atoms with Gasteiger partial charge in [-0.2, -0.15) is 0 Å². The number of benzene rings is 2. The van der Waals surface area contributed by atoms with E-state index in [2.05, 4.69) is 35.1 Å². The fourth-order valence-electron chi connectivity index (χ4n) is 2.06. The lowest BCUT2D eigenvalue weighted by molar-refractivity contribution is -0.118. The minimum atomic E-state index is -0.366. The molecule has 2 aromatic rings. The van der Waals surface area contributed by atoms with Crippen molar-refractivity contribution in [2.24, 2.45) is 0 Å². The summed E-state index contributed by atoms with van der Waals surface area (Å²) in [5, 5.41) is 2.77. The molecule has 5 heteroatoms. The molecular weight excluding hydrogens is 361 g/mol. The molecule has 0 saturated carbocycles. The molecule has 23 heavy (non-hydrogen) atoms. The summed E-state index contributed by atoms with van der Waals surface area (Å²) in [7, 11) is 0. The number of rotatable bonds is 6. The molecule has 0 spiro atoms. The van der Waals surface area contributed by atoms with Gasteiger partial charge in [0.05, 0.1) is 4.47 Å². The summed E-state index contributed by atoms with van der Waals surface area (Å²) >= 11 is 3.20. The van der Waals surface area contributed by atoms with Crippen LogP contribution >= 0.6 is 15.9 Å². The van der Waals surface area contributed by atoms with E-state index in [1.807, 2.05) is 24.3 Å². The Morgan fingerprint density at radius 3 is 2.57 bits per heavy atom. The Labute approximate surface area is 144 Å². The molecule has 1 atom stereocenters. The van der Waals surface area contributed by atoms with Crippen LogP contribution in [0, 0.1) is 5.82 Å². The minimum Gasteiger partial charge on any atom is -0.483 e. The smallest absolute Gasteiger partial charge is 0.262 e. The predicted octanol–water partition coefficient (Wildman–Crippen LogP) is 5.12. The minimum absolute atomic E-state index is 0.142. The molecule has 2 aromatic carbocycles. The normalized spacial score (nSPS) is 11.8. The number of anilines is 1. The SMILES string of the molecule is CC[C@H](C)c1ccc(NC(=O)COc2ccc(F)cc2Br)cc1. The Hall–Kier alpha value is -1.88. The standard InChI is InChI=1S/C18H19BrFNO2/c1-3-12(2)13-4-7-15(8-5-13)21-18(22)11-23-17-9-6-14(20)10-16(17)19/h4-10,12H,3,11H2,1-2H3,(H,21,22)/t12-/m0/s1. The van der Waals surface area contributed by atoms with Gasteiger partial charge in [0.25, 0.3) is 5.91 Å². The molecule has 0 heterocycles. The molecule has 122 valence electrons. The average molecular weight is 380 g/mol. The number of ether oxygens (including phenoxy) is 1. The van der Waals surface area contributed by atoms with Gasteiger partial charge < -0.3 is 10.1 Å². The van der Waals surface area contributed by atoms with Gasteiger partial charge in [0, 0.05) is 5.69 Å². The van der Waals surface area contributed by atoms with Gasteiger partial charge in [-0.1, -0.05) is 26.0 Å². The molecule has 0 fully saturated rings.